The zero-order valence-corrected chi connectivity index (χ0v) is 16.7. The van der Waals surface area contributed by atoms with Crippen molar-refractivity contribution in [3.63, 3.8) is 0 Å². The number of nitrogens with zero attached hydrogens (tertiary/aromatic N) is 2. The predicted octanol–water partition coefficient (Wildman–Crippen LogP) is 5.04. The van der Waals surface area contributed by atoms with Crippen molar-refractivity contribution in [2.45, 2.75) is 18.1 Å². The summed E-state index contributed by atoms with van der Waals surface area (Å²) in [6, 6.07) is 13.9. The lowest BCUT2D eigenvalue weighted by molar-refractivity contribution is -0.138. The van der Waals surface area contributed by atoms with Crippen LogP contribution in [0.1, 0.15) is 22.4 Å². The van der Waals surface area contributed by atoms with Gasteiger partial charge >= 0.3 is 6.18 Å². The summed E-state index contributed by atoms with van der Waals surface area (Å²) < 4.78 is 57.8. The highest BCUT2D eigenvalue weighted by Gasteiger charge is 2.50. The van der Waals surface area contributed by atoms with Gasteiger partial charge in [-0.15, -0.1) is 0 Å². The summed E-state index contributed by atoms with van der Waals surface area (Å²) in [6.07, 6.45) is -0.149. The van der Waals surface area contributed by atoms with E-state index in [0.717, 1.165) is 22.9 Å². The third kappa shape index (κ3) is 2.75. The minimum atomic E-state index is -4.46. The lowest BCUT2D eigenvalue weighted by Crippen LogP contribution is -2.36. The highest BCUT2D eigenvalue weighted by Crippen LogP contribution is 2.54. The molecule has 3 aromatic rings. The molecule has 162 valence electrons. The van der Waals surface area contributed by atoms with E-state index < -0.39 is 17.2 Å². The minimum Gasteiger partial charge on any atom is -0.492 e. The highest BCUT2D eigenvalue weighted by molar-refractivity contribution is 5.71. The second kappa shape index (κ2) is 6.66. The molecule has 0 N–H and O–H groups in total. The monoisotopic (exact) mass is 438 g/mol. The Morgan fingerprint density at radius 3 is 2.53 bits per heavy atom. The van der Waals surface area contributed by atoms with Crippen LogP contribution >= 0.6 is 0 Å². The maximum Gasteiger partial charge on any atom is 0.418 e. The van der Waals surface area contributed by atoms with Gasteiger partial charge in [-0.1, -0.05) is 18.2 Å². The van der Waals surface area contributed by atoms with Crippen molar-refractivity contribution >= 4 is 5.69 Å². The van der Waals surface area contributed by atoms with Crippen LogP contribution in [0.25, 0.3) is 0 Å². The first kappa shape index (κ1) is 19.0. The molecule has 1 spiro atoms. The van der Waals surface area contributed by atoms with Gasteiger partial charge in [-0.25, -0.2) is 0 Å². The van der Waals surface area contributed by atoms with Crippen molar-refractivity contribution in [3.8, 4) is 17.2 Å². The zero-order valence-electron chi connectivity index (χ0n) is 16.7. The Morgan fingerprint density at radius 1 is 0.938 bits per heavy atom. The van der Waals surface area contributed by atoms with E-state index in [-0.39, 0.29) is 12.2 Å². The number of fused-ring (bicyclic) bond motifs is 5. The normalized spacial score (nSPS) is 20.3. The summed E-state index contributed by atoms with van der Waals surface area (Å²) >= 11 is 0. The Hall–Kier alpha value is -3.68. The van der Waals surface area contributed by atoms with E-state index in [1.54, 1.807) is 6.07 Å². The molecule has 2 aromatic carbocycles. The topological polar surface area (TPSA) is 43.8 Å². The number of aromatic nitrogens is 1. The maximum atomic E-state index is 13.6. The number of alkyl halides is 3. The first-order valence-electron chi connectivity index (χ1n) is 10.1. The lowest BCUT2D eigenvalue weighted by Gasteiger charge is -2.26. The molecule has 0 saturated carbocycles. The SMILES string of the molecule is FC(F)(F)c1cccnc1CN1CC2(COc3cc4c(cc32)OC=CO4)c2ccccc21. The lowest BCUT2D eigenvalue weighted by atomic mass is 9.77. The van der Waals surface area contributed by atoms with Crippen molar-refractivity contribution in [2.75, 3.05) is 18.1 Å². The number of ether oxygens (including phenoxy) is 3. The third-order valence-corrected chi connectivity index (χ3v) is 6.24. The van der Waals surface area contributed by atoms with Gasteiger partial charge in [0.05, 0.1) is 23.2 Å². The van der Waals surface area contributed by atoms with Crippen molar-refractivity contribution in [1.29, 1.82) is 0 Å². The number of benzene rings is 2. The fraction of sp³-hybridized carbons (Fsp3) is 0.208. The summed E-state index contributed by atoms with van der Waals surface area (Å²) in [6.45, 7) is 0.875. The van der Waals surface area contributed by atoms with E-state index >= 15 is 0 Å². The van der Waals surface area contributed by atoms with E-state index in [1.807, 2.05) is 35.2 Å². The van der Waals surface area contributed by atoms with Gasteiger partial charge in [-0.05, 0) is 29.8 Å². The molecule has 0 radical (unpaired) electrons. The second-order valence-electron chi connectivity index (χ2n) is 8.04. The van der Waals surface area contributed by atoms with E-state index in [4.69, 9.17) is 14.2 Å². The van der Waals surface area contributed by atoms with E-state index in [9.17, 15) is 13.2 Å². The molecule has 1 atom stereocenters. The average molecular weight is 438 g/mol. The first-order valence-corrected chi connectivity index (χ1v) is 10.1. The van der Waals surface area contributed by atoms with Crippen LogP contribution in [0.15, 0.2) is 67.3 Å². The van der Waals surface area contributed by atoms with Gasteiger partial charge < -0.3 is 19.1 Å². The summed E-state index contributed by atoms with van der Waals surface area (Å²) in [7, 11) is 0. The standard InChI is InChI=1S/C24H17F3N2O3/c25-24(26,27)15-5-3-7-28-18(15)12-29-13-23(16-4-1-2-6-19(16)29)14-32-20-11-22-21(10-17(20)23)30-8-9-31-22/h1-11H,12-14H2. The Morgan fingerprint density at radius 2 is 1.72 bits per heavy atom. The molecule has 5 nitrogen and oxygen atoms in total. The minimum absolute atomic E-state index is 0.00157. The molecule has 3 aliphatic rings. The van der Waals surface area contributed by atoms with Crippen molar-refractivity contribution in [3.05, 3.63) is 89.6 Å². The molecule has 1 unspecified atom stereocenters. The molecule has 0 saturated heterocycles. The maximum absolute atomic E-state index is 13.6. The number of halogens is 3. The van der Waals surface area contributed by atoms with Gasteiger partial charge in [0.15, 0.2) is 11.5 Å². The molecule has 0 amide bonds. The quantitative estimate of drug-likeness (QED) is 0.561. The van der Waals surface area contributed by atoms with Crippen LogP contribution in [0.5, 0.6) is 17.2 Å². The first-order chi connectivity index (χ1) is 15.5. The Labute approximate surface area is 181 Å². The van der Waals surface area contributed by atoms with Gasteiger partial charge in [-0.2, -0.15) is 13.2 Å². The Balaban J connectivity index is 1.43. The molecule has 0 fully saturated rings. The number of hydrogen-bond acceptors (Lipinski definition) is 5. The van der Waals surface area contributed by atoms with Gasteiger partial charge in [0.2, 0.25) is 0 Å². The number of hydrogen-bond donors (Lipinski definition) is 0. The molecule has 1 aromatic heterocycles. The van der Waals surface area contributed by atoms with E-state index in [0.29, 0.717) is 30.4 Å². The van der Waals surface area contributed by atoms with Gasteiger partial charge in [0.25, 0.3) is 0 Å². The van der Waals surface area contributed by atoms with Crippen LogP contribution in [0.3, 0.4) is 0 Å². The van der Waals surface area contributed by atoms with Crippen LogP contribution < -0.4 is 19.1 Å². The average Bonchev–Trinajstić information content (AvgIpc) is 3.30. The fourth-order valence-corrected chi connectivity index (χ4v) is 4.85. The molecule has 0 aliphatic carbocycles. The van der Waals surface area contributed by atoms with Gasteiger partial charge in [0, 0.05) is 30.1 Å². The molecule has 6 rings (SSSR count). The third-order valence-electron chi connectivity index (χ3n) is 6.24. The van der Waals surface area contributed by atoms with Crippen LogP contribution in [0, 0.1) is 0 Å². The number of para-hydroxylation sites is 1. The molecular formula is C24H17F3N2O3. The molecule has 4 heterocycles. The zero-order chi connectivity index (χ0) is 21.9. The molecular weight excluding hydrogens is 421 g/mol. The number of rotatable bonds is 2. The smallest absolute Gasteiger partial charge is 0.418 e. The molecule has 8 heteroatoms. The van der Waals surface area contributed by atoms with E-state index in [1.165, 1.54) is 24.8 Å². The van der Waals surface area contributed by atoms with Crippen LogP contribution in [-0.2, 0) is 18.1 Å². The summed E-state index contributed by atoms with van der Waals surface area (Å²) in [5.41, 5.74) is 1.57. The molecule has 0 bridgehead atoms. The van der Waals surface area contributed by atoms with Crippen molar-refractivity contribution < 1.29 is 27.4 Å². The fourth-order valence-electron chi connectivity index (χ4n) is 4.85. The van der Waals surface area contributed by atoms with Gasteiger partial charge in [-0.3, -0.25) is 4.98 Å². The summed E-state index contributed by atoms with van der Waals surface area (Å²) in [5, 5.41) is 0. The summed E-state index contributed by atoms with van der Waals surface area (Å²) in [5.74, 6) is 1.83. The van der Waals surface area contributed by atoms with Gasteiger partial charge in [0.1, 0.15) is 24.9 Å². The van der Waals surface area contributed by atoms with E-state index in [2.05, 4.69) is 4.98 Å². The predicted molar refractivity (Wildman–Crippen MR) is 110 cm³/mol. The Bertz CT molecular complexity index is 1260. The molecule has 32 heavy (non-hydrogen) atoms. The Kier molecular flexibility index (Phi) is 3.96. The molecule has 3 aliphatic heterocycles. The van der Waals surface area contributed by atoms with Crippen molar-refractivity contribution in [1.82, 2.24) is 4.98 Å². The van der Waals surface area contributed by atoms with Crippen LogP contribution in [0.2, 0.25) is 0 Å². The van der Waals surface area contributed by atoms with Crippen LogP contribution in [-0.4, -0.2) is 18.1 Å². The van der Waals surface area contributed by atoms with Crippen LogP contribution in [0.4, 0.5) is 18.9 Å². The number of anilines is 1. The summed E-state index contributed by atoms with van der Waals surface area (Å²) in [4.78, 5) is 6.01. The highest BCUT2D eigenvalue weighted by atomic mass is 19.4. The second-order valence-corrected chi connectivity index (χ2v) is 8.04. The largest absolute Gasteiger partial charge is 0.492 e. The number of pyridine rings is 1. The van der Waals surface area contributed by atoms with Crippen molar-refractivity contribution in [2.24, 2.45) is 0 Å².